The molecule has 1 N–H and O–H groups in total. The lowest BCUT2D eigenvalue weighted by Gasteiger charge is -2.09. The quantitative estimate of drug-likeness (QED) is 0.204. The molecular weight excluding hydrogens is 460 g/mol. The summed E-state index contributed by atoms with van der Waals surface area (Å²) in [6, 6.07) is 14.9. The Bertz CT molecular complexity index is 1240. The second-order valence-corrected chi connectivity index (χ2v) is 7.66. The van der Waals surface area contributed by atoms with Crippen molar-refractivity contribution in [1.82, 2.24) is 0 Å². The molecule has 3 aromatic rings. The van der Waals surface area contributed by atoms with Crippen LogP contribution in [0, 0.1) is 10.1 Å². The first-order valence-corrected chi connectivity index (χ1v) is 11.0. The summed E-state index contributed by atoms with van der Waals surface area (Å²) < 4.78 is 10.1. The molecule has 9 nitrogen and oxygen atoms in total. The summed E-state index contributed by atoms with van der Waals surface area (Å²) in [6.45, 7) is 1.27. The summed E-state index contributed by atoms with van der Waals surface area (Å²) in [5, 5.41) is 15.4. The number of esters is 2. The van der Waals surface area contributed by atoms with E-state index in [4.69, 9.17) is 9.47 Å². The number of anilines is 1. The molecule has 1 aromatic heterocycles. The van der Waals surface area contributed by atoms with E-state index in [2.05, 4.69) is 5.32 Å². The molecule has 3 rings (SSSR count). The summed E-state index contributed by atoms with van der Waals surface area (Å²) in [5.74, 6) is -2.01. The first-order chi connectivity index (χ1) is 16.4. The van der Waals surface area contributed by atoms with Gasteiger partial charge in [0.2, 0.25) is 0 Å². The number of hydrogen-bond acceptors (Lipinski definition) is 8. The summed E-state index contributed by atoms with van der Waals surface area (Å²) in [5.41, 5.74) is 1.96. The average molecular weight is 480 g/mol. The zero-order valence-corrected chi connectivity index (χ0v) is 18.9. The molecule has 0 spiro atoms. The van der Waals surface area contributed by atoms with E-state index in [1.54, 1.807) is 18.4 Å². The fraction of sp³-hybridized carbons (Fsp3) is 0.125. The van der Waals surface area contributed by atoms with Crippen LogP contribution in [-0.2, 0) is 19.1 Å². The van der Waals surface area contributed by atoms with Crippen LogP contribution in [0.5, 0.6) is 0 Å². The highest BCUT2D eigenvalue weighted by molar-refractivity contribution is 7.15. The highest BCUT2D eigenvalue weighted by Gasteiger charge is 2.23. The number of rotatable bonds is 9. The van der Waals surface area contributed by atoms with Gasteiger partial charge in [-0.25, -0.2) is 9.59 Å². The van der Waals surface area contributed by atoms with Crippen LogP contribution >= 0.6 is 11.3 Å². The van der Waals surface area contributed by atoms with Gasteiger partial charge in [-0.1, -0.05) is 42.5 Å². The standard InChI is InChI=1S/C24H20N2O7S/c1-2-32-24(29)22-19(17-8-4-3-5-9-17)15-34-23(22)25-20(27)14-33-21(28)12-11-16-7-6-10-18(13-16)26(30)31/h3-13,15H,2,14H2,1H3,(H,25,27)/b12-11+. The summed E-state index contributed by atoms with van der Waals surface area (Å²) in [7, 11) is 0. The maximum atomic E-state index is 12.6. The average Bonchev–Trinajstić information content (AvgIpc) is 3.25. The largest absolute Gasteiger partial charge is 0.462 e. The first kappa shape index (κ1) is 24.3. The van der Waals surface area contributed by atoms with Crippen molar-refractivity contribution in [3.63, 3.8) is 0 Å². The number of benzene rings is 2. The summed E-state index contributed by atoms with van der Waals surface area (Å²) in [4.78, 5) is 47.1. The van der Waals surface area contributed by atoms with Gasteiger partial charge >= 0.3 is 11.9 Å². The summed E-state index contributed by atoms with van der Waals surface area (Å²) >= 11 is 1.16. The molecule has 0 fully saturated rings. The Morgan fingerprint density at radius 2 is 1.85 bits per heavy atom. The van der Waals surface area contributed by atoms with E-state index in [1.165, 1.54) is 24.3 Å². The number of hydrogen-bond donors (Lipinski definition) is 1. The topological polar surface area (TPSA) is 125 Å². The van der Waals surface area contributed by atoms with Gasteiger partial charge in [-0.05, 0) is 24.1 Å². The summed E-state index contributed by atoms with van der Waals surface area (Å²) in [6.07, 6.45) is 2.41. The van der Waals surface area contributed by atoms with Gasteiger partial charge in [0, 0.05) is 29.2 Å². The van der Waals surface area contributed by atoms with Crippen molar-refractivity contribution < 1.29 is 28.8 Å². The lowest BCUT2D eigenvalue weighted by molar-refractivity contribution is -0.384. The van der Waals surface area contributed by atoms with Gasteiger partial charge in [-0.15, -0.1) is 11.3 Å². The second-order valence-electron chi connectivity index (χ2n) is 6.78. The molecular formula is C24H20N2O7S. The number of non-ortho nitro benzene ring substituents is 1. The molecule has 0 saturated carbocycles. The second kappa shape index (κ2) is 11.5. The number of thiophene rings is 1. The zero-order valence-electron chi connectivity index (χ0n) is 18.1. The van der Waals surface area contributed by atoms with Crippen molar-refractivity contribution in [2.75, 3.05) is 18.5 Å². The number of nitrogens with zero attached hydrogens (tertiary/aromatic N) is 1. The number of carbonyl (C=O) groups excluding carboxylic acids is 3. The van der Waals surface area contributed by atoms with Crippen LogP contribution < -0.4 is 5.32 Å². The van der Waals surface area contributed by atoms with Gasteiger partial charge in [-0.2, -0.15) is 0 Å². The molecule has 0 aliphatic heterocycles. The lowest BCUT2D eigenvalue weighted by Crippen LogP contribution is -2.21. The Hall–Kier alpha value is -4.31. The van der Waals surface area contributed by atoms with Crippen LogP contribution in [-0.4, -0.2) is 36.0 Å². The number of nitro groups is 1. The van der Waals surface area contributed by atoms with E-state index < -0.39 is 29.4 Å². The smallest absolute Gasteiger partial charge is 0.341 e. The minimum absolute atomic E-state index is 0.113. The van der Waals surface area contributed by atoms with Crippen molar-refractivity contribution in [3.8, 4) is 11.1 Å². The fourth-order valence-electron chi connectivity index (χ4n) is 2.94. The van der Waals surface area contributed by atoms with Gasteiger partial charge in [0.1, 0.15) is 10.6 Å². The molecule has 0 atom stereocenters. The zero-order chi connectivity index (χ0) is 24.5. The van der Waals surface area contributed by atoms with Crippen LogP contribution in [0.4, 0.5) is 10.7 Å². The number of amides is 1. The predicted molar refractivity (Wildman–Crippen MR) is 127 cm³/mol. The maximum Gasteiger partial charge on any atom is 0.341 e. The highest BCUT2D eigenvalue weighted by atomic mass is 32.1. The van der Waals surface area contributed by atoms with E-state index in [9.17, 15) is 24.5 Å². The Morgan fingerprint density at radius 3 is 2.56 bits per heavy atom. The van der Waals surface area contributed by atoms with E-state index in [-0.39, 0.29) is 22.9 Å². The molecule has 174 valence electrons. The van der Waals surface area contributed by atoms with E-state index in [1.807, 2.05) is 30.3 Å². The van der Waals surface area contributed by atoms with E-state index >= 15 is 0 Å². The molecule has 0 unspecified atom stereocenters. The van der Waals surface area contributed by atoms with Gasteiger partial charge in [0.05, 0.1) is 11.5 Å². The Kier molecular flexibility index (Phi) is 8.25. The van der Waals surface area contributed by atoms with Crippen molar-refractivity contribution in [1.29, 1.82) is 0 Å². The first-order valence-electron chi connectivity index (χ1n) is 10.1. The number of nitrogens with one attached hydrogen (secondary N) is 1. The van der Waals surface area contributed by atoms with Crippen molar-refractivity contribution >= 4 is 45.9 Å². The van der Waals surface area contributed by atoms with Gasteiger partial charge < -0.3 is 14.8 Å². The molecule has 2 aromatic carbocycles. The minimum Gasteiger partial charge on any atom is -0.462 e. The van der Waals surface area contributed by atoms with E-state index in [0.29, 0.717) is 11.1 Å². The minimum atomic E-state index is -0.802. The Labute approximate surface area is 198 Å². The third-order valence-electron chi connectivity index (χ3n) is 4.45. The number of carbonyl (C=O) groups is 3. The molecule has 1 amide bonds. The maximum absolute atomic E-state index is 12.6. The molecule has 34 heavy (non-hydrogen) atoms. The third-order valence-corrected chi connectivity index (χ3v) is 5.34. The third kappa shape index (κ3) is 6.36. The van der Waals surface area contributed by atoms with Gasteiger partial charge in [-0.3, -0.25) is 14.9 Å². The normalized spacial score (nSPS) is 10.6. The lowest BCUT2D eigenvalue weighted by atomic mass is 10.0. The Balaban J connectivity index is 1.65. The van der Waals surface area contributed by atoms with Crippen LogP contribution in [0.25, 0.3) is 17.2 Å². The van der Waals surface area contributed by atoms with Crippen molar-refractivity contribution in [2.24, 2.45) is 0 Å². The molecule has 0 aliphatic carbocycles. The molecule has 1 heterocycles. The van der Waals surface area contributed by atoms with Crippen LogP contribution in [0.1, 0.15) is 22.8 Å². The van der Waals surface area contributed by atoms with Crippen molar-refractivity contribution in [2.45, 2.75) is 6.92 Å². The SMILES string of the molecule is CCOC(=O)c1c(-c2ccccc2)csc1NC(=O)COC(=O)/C=C/c1cccc([N+](=O)[O-])c1. The van der Waals surface area contributed by atoms with Gasteiger partial charge in [0.15, 0.2) is 6.61 Å². The van der Waals surface area contributed by atoms with E-state index in [0.717, 1.165) is 23.0 Å². The number of nitro benzene ring substituents is 1. The number of ether oxygens (including phenoxy) is 2. The monoisotopic (exact) mass is 480 g/mol. The Morgan fingerprint density at radius 1 is 1.09 bits per heavy atom. The van der Waals surface area contributed by atoms with Crippen LogP contribution in [0.2, 0.25) is 0 Å². The highest BCUT2D eigenvalue weighted by Crippen LogP contribution is 2.36. The van der Waals surface area contributed by atoms with Crippen LogP contribution in [0.15, 0.2) is 66.1 Å². The van der Waals surface area contributed by atoms with Crippen molar-refractivity contribution in [3.05, 3.63) is 87.3 Å². The fourth-order valence-corrected chi connectivity index (χ4v) is 3.91. The molecule has 10 heteroatoms. The molecule has 0 bridgehead atoms. The molecule has 0 saturated heterocycles. The molecule has 0 radical (unpaired) electrons. The predicted octanol–water partition coefficient (Wildman–Crippen LogP) is 4.70. The van der Waals surface area contributed by atoms with Gasteiger partial charge in [0.25, 0.3) is 11.6 Å². The molecule has 0 aliphatic rings. The van der Waals surface area contributed by atoms with Crippen LogP contribution in [0.3, 0.4) is 0 Å².